The van der Waals surface area contributed by atoms with Gasteiger partial charge in [-0.05, 0) is 75.4 Å². The first-order chi connectivity index (χ1) is 26.4. The largest absolute Gasteiger partial charge is 0.444 e. The molecule has 0 bridgehead atoms. The predicted molar refractivity (Wildman–Crippen MR) is 211 cm³/mol. The molecule has 0 aromatic carbocycles. The van der Waals surface area contributed by atoms with E-state index in [-0.39, 0.29) is 48.6 Å². The number of hydrogen-bond donors (Lipinski definition) is 7. The van der Waals surface area contributed by atoms with E-state index < -0.39 is 66.0 Å². The number of aliphatic hydroxyl groups is 1. The summed E-state index contributed by atoms with van der Waals surface area (Å²) in [6.45, 7) is 12.5. The highest BCUT2D eigenvalue weighted by Gasteiger charge is 2.32. The van der Waals surface area contributed by atoms with Crippen LogP contribution < -0.4 is 26.6 Å². The van der Waals surface area contributed by atoms with Gasteiger partial charge < -0.3 is 30.8 Å². The first kappa shape index (κ1) is 45.2. The fourth-order valence-electron chi connectivity index (χ4n) is 5.62. The van der Waals surface area contributed by atoms with Gasteiger partial charge in [0.05, 0.1) is 24.8 Å². The molecule has 0 radical (unpaired) electrons. The van der Waals surface area contributed by atoms with Crippen LogP contribution in [0.25, 0.3) is 0 Å². The van der Waals surface area contributed by atoms with Crippen molar-refractivity contribution in [1.29, 1.82) is 0 Å². The number of rotatable bonds is 20. The summed E-state index contributed by atoms with van der Waals surface area (Å²) in [7, 11) is 0. The number of carbonyl (C=O) groups is 6. The molecule has 0 saturated carbocycles. The Labute approximate surface area is 331 Å². The molecule has 306 valence electrons. The van der Waals surface area contributed by atoms with Gasteiger partial charge in [-0.1, -0.05) is 46.2 Å². The Bertz CT molecular complexity index is 1740. The zero-order valence-corrected chi connectivity index (χ0v) is 34.0. The maximum absolute atomic E-state index is 13.9. The number of aliphatic hydroxyl groups excluding tert-OH is 1. The highest BCUT2D eigenvalue weighted by atomic mass is 32.1. The third-order valence-corrected chi connectivity index (χ3v) is 9.53. The third kappa shape index (κ3) is 15.9. The Balaban J connectivity index is 1.73. The fraction of sp³-hybridized carbons (Fsp3) is 0.538. The van der Waals surface area contributed by atoms with E-state index in [1.807, 2.05) is 38.3 Å². The first-order valence-corrected chi connectivity index (χ1v) is 19.7. The number of nitrogens with zero attached hydrogens (tertiary/aromatic N) is 2. The summed E-state index contributed by atoms with van der Waals surface area (Å²) in [6, 6.07) is 5.50. The van der Waals surface area contributed by atoms with Gasteiger partial charge in [0, 0.05) is 29.6 Å². The summed E-state index contributed by atoms with van der Waals surface area (Å²) in [4.78, 5) is 90.6. The summed E-state index contributed by atoms with van der Waals surface area (Å²) in [6.07, 6.45) is 2.44. The van der Waals surface area contributed by atoms with E-state index >= 15 is 0 Å². The molecule has 3 aromatic rings. The molecule has 0 saturated heterocycles. The molecule has 16 nitrogen and oxygen atoms in total. The predicted octanol–water partition coefficient (Wildman–Crippen LogP) is 4.03. The van der Waals surface area contributed by atoms with Crippen LogP contribution in [0.5, 0.6) is 0 Å². The maximum atomic E-state index is 13.9. The molecular weight excluding hydrogens is 741 g/mol. The number of pyridine rings is 1. The van der Waals surface area contributed by atoms with Crippen molar-refractivity contribution in [1.82, 2.24) is 36.2 Å². The van der Waals surface area contributed by atoms with Crippen molar-refractivity contribution in [3.63, 3.8) is 0 Å². The second kappa shape index (κ2) is 21.8. The van der Waals surface area contributed by atoms with Gasteiger partial charge in [0.2, 0.25) is 29.6 Å². The van der Waals surface area contributed by atoms with E-state index in [4.69, 9.17) is 4.74 Å². The number of hydrogen-bond acceptors (Lipinski definition) is 11. The maximum Gasteiger partial charge on any atom is 0.414 e. The molecule has 3 heterocycles. The molecule has 0 aliphatic carbocycles. The highest BCUT2D eigenvalue weighted by Crippen LogP contribution is 2.16. The molecule has 0 unspecified atom stereocenters. The van der Waals surface area contributed by atoms with E-state index in [9.17, 15) is 33.9 Å². The summed E-state index contributed by atoms with van der Waals surface area (Å²) < 4.78 is 5.28. The molecule has 0 fully saturated rings. The highest BCUT2D eigenvalue weighted by molar-refractivity contribution is 7.09. The van der Waals surface area contributed by atoms with E-state index in [0.717, 1.165) is 4.88 Å². The van der Waals surface area contributed by atoms with E-state index in [1.165, 1.54) is 18.5 Å². The van der Waals surface area contributed by atoms with Crippen LogP contribution in [0.4, 0.5) is 10.7 Å². The van der Waals surface area contributed by atoms with Crippen molar-refractivity contribution >= 4 is 52.9 Å². The quantitative estimate of drug-likeness (QED) is 0.0868. The second-order valence-electron chi connectivity index (χ2n) is 15.1. The van der Waals surface area contributed by atoms with Crippen LogP contribution in [0.3, 0.4) is 0 Å². The number of imidazole rings is 1. The first-order valence-electron chi connectivity index (χ1n) is 18.8. The number of imide groups is 1. The van der Waals surface area contributed by atoms with Crippen LogP contribution in [0, 0.1) is 11.8 Å². The van der Waals surface area contributed by atoms with Gasteiger partial charge in [-0.15, -0.1) is 11.3 Å². The number of aromatic amines is 1. The summed E-state index contributed by atoms with van der Waals surface area (Å²) in [5, 5.41) is 26.4. The number of thiophene rings is 1. The standard InChI is InChI=1S/C39H56N8O8S/c1-8-24(4)33(36(53)46-34(51)27-15-9-10-17-40-27)45-32(50)21-30(48)28(19-23(2)3)44-35(52)29(43-31(49)16-11-13-26-14-12-18-56-26)20-25-22-41-37(42-25)47-38(54)55-39(5,6)7/h9-10,12,14-15,17-18,22-24,28-30,33,48H,8,11,13,16,19-21H2,1-7H3,(H,43,49)(H,44,52)(H,45,50)(H,46,51,53)(H2,41,42,47,54)/t24-,28-,29-,30-,33-/m0/s1. The molecule has 3 aromatic heterocycles. The Morgan fingerprint density at radius 1 is 0.946 bits per heavy atom. The van der Waals surface area contributed by atoms with Gasteiger partial charge >= 0.3 is 6.09 Å². The molecule has 0 spiro atoms. The summed E-state index contributed by atoms with van der Waals surface area (Å²) in [5.74, 6) is -3.36. The molecule has 5 atom stereocenters. The molecule has 6 amide bonds. The minimum atomic E-state index is -1.38. The Kier molecular flexibility index (Phi) is 17.6. The molecular formula is C39H56N8O8S. The summed E-state index contributed by atoms with van der Waals surface area (Å²) in [5.41, 5.74) is -0.276. The van der Waals surface area contributed by atoms with Crippen LogP contribution in [0.15, 0.2) is 48.1 Å². The van der Waals surface area contributed by atoms with Crippen molar-refractivity contribution in [3.05, 3.63) is 64.4 Å². The molecule has 56 heavy (non-hydrogen) atoms. The smallest absolute Gasteiger partial charge is 0.414 e. The summed E-state index contributed by atoms with van der Waals surface area (Å²) >= 11 is 1.60. The minimum Gasteiger partial charge on any atom is -0.444 e. The second-order valence-corrected chi connectivity index (χ2v) is 16.2. The molecule has 7 N–H and O–H groups in total. The van der Waals surface area contributed by atoms with Crippen molar-refractivity contribution in [2.45, 2.75) is 123 Å². The van der Waals surface area contributed by atoms with Gasteiger partial charge in [-0.25, -0.2) is 9.78 Å². The van der Waals surface area contributed by atoms with Crippen molar-refractivity contribution in [2.75, 3.05) is 5.32 Å². The normalized spacial score (nSPS) is 14.1. The van der Waals surface area contributed by atoms with Gasteiger partial charge in [-0.2, -0.15) is 0 Å². The van der Waals surface area contributed by atoms with Crippen LogP contribution in [0.1, 0.15) is 102 Å². The molecule has 17 heteroatoms. The van der Waals surface area contributed by atoms with Crippen LogP contribution in [-0.4, -0.2) is 85.5 Å². The molecule has 0 aliphatic heterocycles. The third-order valence-electron chi connectivity index (χ3n) is 8.59. The number of aromatic nitrogens is 3. The lowest BCUT2D eigenvalue weighted by molar-refractivity contribution is -0.132. The molecule has 0 aliphatic rings. The monoisotopic (exact) mass is 796 g/mol. The van der Waals surface area contributed by atoms with Crippen LogP contribution in [-0.2, 0) is 36.8 Å². The fourth-order valence-corrected chi connectivity index (χ4v) is 6.37. The Morgan fingerprint density at radius 2 is 1.70 bits per heavy atom. The average Bonchev–Trinajstić information content (AvgIpc) is 3.81. The number of amides is 6. The van der Waals surface area contributed by atoms with Gasteiger partial charge in [-0.3, -0.25) is 39.6 Å². The minimum absolute atomic E-state index is 0.0198. The SMILES string of the molecule is CC[C@H](C)[C@H](NC(=O)C[C@H](O)[C@H](CC(C)C)NC(=O)[C@H](Cc1cnc(NC(=O)OC(C)(C)C)[nH]1)NC(=O)CCCc1cccs1)C(=O)NC(=O)c1ccccn1. The number of ether oxygens (including phenoxy) is 1. The Hall–Kier alpha value is -5.16. The van der Waals surface area contributed by atoms with Crippen LogP contribution >= 0.6 is 11.3 Å². The number of nitrogens with one attached hydrogen (secondary N) is 6. The van der Waals surface area contributed by atoms with E-state index in [2.05, 4.69) is 41.5 Å². The zero-order valence-electron chi connectivity index (χ0n) is 33.1. The molecule has 3 rings (SSSR count). The lowest BCUT2D eigenvalue weighted by Gasteiger charge is -2.29. The average molecular weight is 797 g/mol. The number of H-pyrrole nitrogens is 1. The van der Waals surface area contributed by atoms with Crippen LogP contribution in [0.2, 0.25) is 0 Å². The lowest BCUT2D eigenvalue weighted by Crippen LogP contribution is -2.55. The Morgan fingerprint density at radius 3 is 2.32 bits per heavy atom. The van der Waals surface area contributed by atoms with E-state index in [0.29, 0.717) is 25.0 Å². The van der Waals surface area contributed by atoms with E-state index in [1.54, 1.807) is 51.2 Å². The van der Waals surface area contributed by atoms with Gasteiger partial charge in [0.15, 0.2) is 0 Å². The zero-order chi connectivity index (χ0) is 41.4. The number of carbonyl (C=O) groups excluding carboxylic acids is 6. The van der Waals surface area contributed by atoms with Crippen molar-refractivity contribution in [2.24, 2.45) is 11.8 Å². The van der Waals surface area contributed by atoms with Gasteiger partial charge in [0.1, 0.15) is 23.4 Å². The van der Waals surface area contributed by atoms with Crippen molar-refractivity contribution in [3.8, 4) is 0 Å². The number of aryl methyl sites for hydroxylation is 1. The number of anilines is 1. The van der Waals surface area contributed by atoms with Gasteiger partial charge in [0.25, 0.3) is 5.91 Å². The lowest BCUT2D eigenvalue weighted by atomic mass is 9.95. The van der Waals surface area contributed by atoms with Crippen molar-refractivity contribution < 1.29 is 38.6 Å². The topological polar surface area (TPSA) is 234 Å².